The van der Waals surface area contributed by atoms with Crippen molar-refractivity contribution < 1.29 is 14.6 Å². The minimum atomic E-state index is -0.949. The fourth-order valence-electron chi connectivity index (χ4n) is 2.50. The molecule has 0 aromatic heterocycles. The van der Waals surface area contributed by atoms with Gasteiger partial charge >= 0.3 is 5.97 Å². The smallest absolute Gasteiger partial charge is 0.335 e. The summed E-state index contributed by atoms with van der Waals surface area (Å²) in [6, 6.07) is 19.8. The third kappa shape index (κ3) is 4.96. The van der Waals surface area contributed by atoms with Crippen molar-refractivity contribution in [3.63, 3.8) is 0 Å². The molecule has 0 bridgehead atoms. The van der Waals surface area contributed by atoms with Crippen LogP contribution in [0.1, 0.15) is 27.0 Å². The number of aryl methyl sites for hydroxylation is 1. The summed E-state index contributed by atoms with van der Waals surface area (Å²) in [4.78, 5) is 15.5. The number of aliphatic imine (C=N–C) groups is 1. The SMILES string of the molecule is Cc1ccccc1N=Cc1cc(Cl)ccc1OCc1ccc(C(=O)O)cc1. The molecule has 136 valence electrons. The van der Waals surface area contributed by atoms with Gasteiger partial charge in [0.15, 0.2) is 0 Å². The van der Waals surface area contributed by atoms with E-state index in [9.17, 15) is 4.79 Å². The molecule has 0 saturated heterocycles. The van der Waals surface area contributed by atoms with Gasteiger partial charge in [-0.2, -0.15) is 0 Å². The number of carboxylic acid groups (broad SMARTS) is 1. The first-order valence-corrected chi connectivity index (χ1v) is 8.75. The van der Waals surface area contributed by atoms with Crippen LogP contribution in [0.5, 0.6) is 5.75 Å². The molecule has 0 unspecified atom stereocenters. The zero-order valence-corrected chi connectivity index (χ0v) is 15.5. The summed E-state index contributed by atoms with van der Waals surface area (Å²) in [5, 5.41) is 9.56. The van der Waals surface area contributed by atoms with Gasteiger partial charge in [0.05, 0.1) is 11.3 Å². The second-order valence-corrected chi connectivity index (χ2v) is 6.45. The molecule has 5 heteroatoms. The average Bonchev–Trinajstić information content (AvgIpc) is 2.67. The molecule has 0 amide bonds. The highest BCUT2D eigenvalue weighted by Gasteiger charge is 2.06. The standard InChI is InChI=1S/C22H18ClNO3/c1-15-4-2-3-5-20(15)24-13-18-12-19(23)10-11-21(18)27-14-16-6-8-17(9-7-16)22(25)26/h2-13H,14H2,1H3,(H,25,26). The van der Waals surface area contributed by atoms with E-state index in [1.807, 2.05) is 31.2 Å². The second kappa shape index (κ2) is 8.52. The number of ether oxygens (including phenoxy) is 1. The summed E-state index contributed by atoms with van der Waals surface area (Å²) in [5.41, 5.74) is 3.85. The topological polar surface area (TPSA) is 58.9 Å². The Labute approximate surface area is 162 Å². The van der Waals surface area contributed by atoms with Crippen LogP contribution >= 0.6 is 11.6 Å². The van der Waals surface area contributed by atoms with Crippen molar-refractivity contribution in [1.82, 2.24) is 0 Å². The van der Waals surface area contributed by atoms with E-state index in [1.165, 1.54) is 0 Å². The summed E-state index contributed by atoms with van der Waals surface area (Å²) in [7, 11) is 0. The summed E-state index contributed by atoms with van der Waals surface area (Å²) in [5.74, 6) is -0.297. The summed E-state index contributed by atoms with van der Waals surface area (Å²) >= 11 is 6.12. The Kier molecular flexibility index (Phi) is 5.89. The van der Waals surface area contributed by atoms with Gasteiger partial charge in [0.25, 0.3) is 0 Å². The lowest BCUT2D eigenvalue weighted by Gasteiger charge is -2.10. The first-order valence-electron chi connectivity index (χ1n) is 8.37. The van der Waals surface area contributed by atoms with E-state index in [0.717, 1.165) is 22.4 Å². The summed E-state index contributed by atoms with van der Waals surface area (Å²) < 4.78 is 5.90. The number of hydrogen-bond acceptors (Lipinski definition) is 3. The number of carboxylic acids is 1. The van der Waals surface area contributed by atoms with Crippen LogP contribution in [-0.2, 0) is 6.61 Å². The van der Waals surface area contributed by atoms with Crippen molar-refractivity contribution >= 4 is 29.5 Å². The van der Waals surface area contributed by atoms with Crippen molar-refractivity contribution in [2.75, 3.05) is 0 Å². The fraction of sp³-hybridized carbons (Fsp3) is 0.0909. The second-order valence-electron chi connectivity index (χ2n) is 6.02. The Morgan fingerprint density at radius 2 is 1.85 bits per heavy atom. The lowest BCUT2D eigenvalue weighted by atomic mass is 10.1. The lowest BCUT2D eigenvalue weighted by molar-refractivity contribution is 0.0697. The minimum absolute atomic E-state index is 0.247. The molecule has 3 rings (SSSR count). The van der Waals surface area contributed by atoms with Crippen LogP contribution in [0.3, 0.4) is 0 Å². The summed E-state index contributed by atoms with van der Waals surface area (Å²) in [6.45, 7) is 2.32. The highest BCUT2D eigenvalue weighted by Crippen LogP contribution is 2.24. The highest BCUT2D eigenvalue weighted by atomic mass is 35.5. The predicted molar refractivity (Wildman–Crippen MR) is 108 cm³/mol. The van der Waals surface area contributed by atoms with Crippen LogP contribution in [0, 0.1) is 6.92 Å². The molecule has 0 saturated carbocycles. The monoisotopic (exact) mass is 379 g/mol. The molecule has 4 nitrogen and oxygen atoms in total. The zero-order chi connectivity index (χ0) is 19.2. The van der Waals surface area contributed by atoms with Gasteiger partial charge in [-0.3, -0.25) is 4.99 Å². The molecule has 27 heavy (non-hydrogen) atoms. The number of benzene rings is 3. The molecule has 0 spiro atoms. The molecule has 0 atom stereocenters. The third-order valence-corrected chi connectivity index (χ3v) is 4.26. The van der Waals surface area contributed by atoms with Crippen LogP contribution in [0.4, 0.5) is 5.69 Å². The third-order valence-electron chi connectivity index (χ3n) is 4.03. The average molecular weight is 380 g/mol. The van der Waals surface area contributed by atoms with Crippen LogP contribution in [0.25, 0.3) is 0 Å². The Bertz CT molecular complexity index is 981. The maximum Gasteiger partial charge on any atom is 0.335 e. The first kappa shape index (κ1) is 18.7. The van der Waals surface area contributed by atoms with E-state index >= 15 is 0 Å². The molecule has 0 aliphatic carbocycles. The number of rotatable bonds is 6. The Hall–Kier alpha value is -3.11. The number of hydrogen-bond donors (Lipinski definition) is 1. The Balaban J connectivity index is 1.77. The van der Waals surface area contributed by atoms with Crippen molar-refractivity contribution in [2.24, 2.45) is 4.99 Å². The number of halogens is 1. The van der Waals surface area contributed by atoms with Gasteiger partial charge in [-0.15, -0.1) is 0 Å². The van der Waals surface area contributed by atoms with E-state index in [1.54, 1.807) is 48.7 Å². The molecule has 3 aromatic carbocycles. The largest absolute Gasteiger partial charge is 0.488 e. The number of carbonyl (C=O) groups is 1. The predicted octanol–water partition coefficient (Wildman–Crippen LogP) is 5.68. The molecule has 1 N–H and O–H groups in total. The Morgan fingerprint density at radius 1 is 1.11 bits per heavy atom. The van der Waals surface area contributed by atoms with E-state index in [-0.39, 0.29) is 5.56 Å². The van der Waals surface area contributed by atoms with Crippen LogP contribution in [-0.4, -0.2) is 17.3 Å². The number of aromatic carboxylic acids is 1. The molecule has 3 aromatic rings. The quantitative estimate of drug-likeness (QED) is 0.561. The van der Waals surface area contributed by atoms with Gasteiger partial charge in [0.1, 0.15) is 12.4 Å². The molecular weight excluding hydrogens is 362 g/mol. The van der Waals surface area contributed by atoms with Crippen LogP contribution in [0.2, 0.25) is 5.02 Å². The fourth-order valence-corrected chi connectivity index (χ4v) is 2.68. The van der Waals surface area contributed by atoms with Crippen molar-refractivity contribution in [3.05, 3.63) is 94.0 Å². The first-order chi connectivity index (χ1) is 13.0. The number of nitrogens with zero attached hydrogens (tertiary/aromatic N) is 1. The van der Waals surface area contributed by atoms with Gasteiger partial charge in [-0.05, 0) is 54.4 Å². The molecule has 0 radical (unpaired) electrons. The lowest BCUT2D eigenvalue weighted by Crippen LogP contribution is -2.00. The van der Waals surface area contributed by atoms with E-state index in [2.05, 4.69) is 4.99 Å². The van der Waals surface area contributed by atoms with Gasteiger partial charge in [-0.1, -0.05) is 41.9 Å². The molecule has 0 aliphatic heterocycles. The van der Waals surface area contributed by atoms with E-state index < -0.39 is 5.97 Å². The normalized spacial score (nSPS) is 10.9. The zero-order valence-electron chi connectivity index (χ0n) is 14.7. The van der Waals surface area contributed by atoms with Crippen molar-refractivity contribution in [1.29, 1.82) is 0 Å². The molecule has 0 heterocycles. The number of para-hydroxylation sites is 1. The van der Waals surface area contributed by atoms with Gasteiger partial charge in [-0.25, -0.2) is 4.79 Å². The summed E-state index contributed by atoms with van der Waals surface area (Å²) in [6.07, 6.45) is 1.73. The Morgan fingerprint density at radius 3 is 2.56 bits per heavy atom. The van der Waals surface area contributed by atoms with Gasteiger partial charge in [0, 0.05) is 16.8 Å². The van der Waals surface area contributed by atoms with Crippen molar-refractivity contribution in [3.8, 4) is 5.75 Å². The van der Waals surface area contributed by atoms with E-state index in [4.69, 9.17) is 21.4 Å². The molecule has 0 fully saturated rings. The van der Waals surface area contributed by atoms with Crippen molar-refractivity contribution in [2.45, 2.75) is 13.5 Å². The van der Waals surface area contributed by atoms with Gasteiger partial charge < -0.3 is 9.84 Å². The minimum Gasteiger partial charge on any atom is -0.488 e. The van der Waals surface area contributed by atoms with Gasteiger partial charge in [0.2, 0.25) is 0 Å². The van der Waals surface area contributed by atoms with Crippen LogP contribution in [0.15, 0.2) is 71.7 Å². The highest BCUT2D eigenvalue weighted by molar-refractivity contribution is 6.30. The maximum absolute atomic E-state index is 10.9. The molecule has 0 aliphatic rings. The maximum atomic E-state index is 10.9. The molecular formula is C22H18ClNO3. The van der Waals surface area contributed by atoms with E-state index in [0.29, 0.717) is 17.4 Å². The van der Waals surface area contributed by atoms with Crippen LogP contribution < -0.4 is 4.74 Å².